The fourth-order valence-electron chi connectivity index (χ4n) is 4.29. The summed E-state index contributed by atoms with van der Waals surface area (Å²) in [7, 11) is -0.981. The van der Waals surface area contributed by atoms with E-state index < -0.39 is 8.07 Å². The summed E-state index contributed by atoms with van der Waals surface area (Å²) in [6.45, 7) is 7.09. The SMILES string of the molecule is C[Si](C)(C)C1=CC[C-]=C1.[Zr+2]=[C](c1ccccc1)c1ccccc1.[c-]1cccc2c1Cc1ccccc1-2. The first-order chi connectivity index (χ1) is 17.4. The van der Waals surface area contributed by atoms with E-state index in [9.17, 15) is 0 Å². The van der Waals surface area contributed by atoms with Gasteiger partial charge in [-0.05, 0) is 14.5 Å². The molecule has 6 rings (SSSR count). The molecule has 0 bridgehead atoms. The van der Waals surface area contributed by atoms with Gasteiger partial charge in [0.2, 0.25) is 0 Å². The van der Waals surface area contributed by atoms with Crippen molar-refractivity contribution in [1.82, 2.24) is 0 Å². The van der Waals surface area contributed by atoms with Crippen LogP contribution in [0, 0.1) is 12.1 Å². The molecule has 0 spiro atoms. The molecule has 0 saturated carbocycles. The van der Waals surface area contributed by atoms with Gasteiger partial charge in [-0.2, -0.15) is 35.9 Å². The minimum absolute atomic E-state index is 0.981. The predicted octanol–water partition coefficient (Wildman–Crippen LogP) is 8.41. The van der Waals surface area contributed by atoms with Crippen LogP contribution < -0.4 is 0 Å². The third-order valence-corrected chi connectivity index (χ3v) is 9.80. The van der Waals surface area contributed by atoms with Crippen LogP contribution in [0.15, 0.2) is 120 Å². The summed E-state index contributed by atoms with van der Waals surface area (Å²) >= 11 is 1.46. The first-order valence-corrected chi connectivity index (χ1v) is 17.2. The van der Waals surface area contributed by atoms with Crippen molar-refractivity contribution in [3.05, 3.63) is 155 Å². The van der Waals surface area contributed by atoms with E-state index in [1.165, 1.54) is 60.8 Å². The molecule has 0 saturated heterocycles. The largest absolute Gasteiger partial charge is 0.179 e. The van der Waals surface area contributed by atoms with Crippen molar-refractivity contribution in [2.75, 3.05) is 0 Å². The maximum Gasteiger partial charge on any atom is -0.0253 e. The summed E-state index contributed by atoms with van der Waals surface area (Å²) in [4.78, 5) is 0. The van der Waals surface area contributed by atoms with Crippen molar-refractivity contribution in [3.63, 3.8) is 0 Å². The Balaban J connectivity index is 0.000000130. The van der Waals surface area contributed by atoms with Crippen molar-refractivity contribution >= 4 is 11.3 Å². The standard InChI is InChI=1S/C13H9.C13H10.C8H13Si.Zr/c1-3-7-12-10(5-1)9-11-6-2-4-8-13(11)12;1-3-7-12(8-4-1)11-13-9-5-2-6-10-13;1-9(2,3)8-6-4-5-7-8;/h1-5,7-8H,9H2;1-10H;6-7H,4H2,1-3H3;/q-1;;-1;+2. The number of fused-ring (bicyclic) bond motifs is 3. The fourth-order valence-corrected chi connectivity index (χ4v) is 6.36. The van der Waals surface area contributed by atoms with E-state index in [4.69, 9.17) is 0 Å². The molecule has 0 N–H and O–H groups in total. The Morgan fingerprint density at radius 2 is 1.31 bits per heavy atom. The third kappa shape index (κ3) is 6.96. The van der Waals surface area contributed by atoms with Crippen LogP contribution in [-0.4, -0.2) is 11.3 Å². The average molecular weight is 560 g/mol. The monoisotopic (exact) mass is 558 g/mol. The molecule has 0 amide bonds. The van der Waals surface area contributed by atoms with Gasteiger partial charge < -0.3 is 0 Å². The molecule has 176 valence electrons. The molecule has 36 heavy (non-hydrogen) atoms. The molecule has 4 aromatic rings. The van der Waals surface area contributed by atoms with Gasteiger partial charge in [-0.3, -0.25) is 6.08 Å². The Hall–Kier alpha value is -2.67. The first kappa shape index (κ1) is 26.4. The van der Waals surface area contributed by atoms with Crippen LogP contribution in [0.5, 0.6) is 0 Å². The van der Waals surface area contributed by atoms with E-state index in [1.807, 2.05) is 6.07 Å². The number of rotatable bonds is 3. The smallest absolute Gasteiger partial charge is 0.0253 e. The van der Waals surface area contributed by atoms with Gasteiger partial charge in [-0.1, -0.05) is 55.0 Å². The van der Waals surface area contributed by atoms with E-state index in [0.29, 0.717) is 0 Å². The van der Waals surface area contributed by atoms with E-state index in [-0.39, 0.29) is 0 Å². The van der Waals surface area contributed by atoms with Gasteiger partial charge in [-0.25, -0.2) is 11.3 Å². The van der Waals surface area contributed by atoms with E-state index in [0.717, 1.165) is 12.8 Å². The zero-order valence-corrected chi connectivity index (χ0v) is 24.8. The first-order valence-electron chi connectivity index (χ1n) is 12.5. The minimum Gasteiger partial charge on any atom is -0.179 e. The normalized spacial score (nSPS) is 12.9. The molecule has 0 heterocycles. The molecule has 0 aliphatic heterocycles. The second kappa shape index (κ2) is 12.5. The van der Waals surface area contributed by atoms with Crippen molar-refractivity contribution < 1.29 is 24.2 Å². The second-order valence-corrected chi connectivity index (χ2v) is 16.3. The Labute approximate surface area is 232 Å². The maximum absolute atomic E-state index is 3.30. The topological polar surface area (TPSA) is 0 Å². The summed E-state index contributed by atoms with van der Waals surface area (Å²) in [5.41, 5.74) is 8.17. The molecular weight excluding hydrogens is 528 g/mol. The van der Waals surface area contributed by atoms with Crippen LogP contribution in [-0.2, 0) is 30.7 Å². The summed E-state index contributed by atoms with van der Waals surface area (Å²) in [5.74, 6) is 0. The van der Waals surface area contributed by atoms with E-state index in [2.05, 4.69) is 141 Å². The van der Waals surface area contributed by atoms with E-state index >= 15 is 0 Å². The summed E-state index contributed by atoms with van der Waals surface area (Å²) in [5, 5.41) is 1.56. The molecule has 0 radical (unpaired) electrons. The van der Waals surface area contributed by atoms with Gasteiger partial charge in [0.05, 0.1) is 0 Å². The molecule has 2 heteroatoms. The van der Waals surface area contributed by atoms with Crippen LogP contribution in [0.3, 0.4) is 0 Å². The van der Waals surface area contributed by atoms with Crippen LogP contribution in [0.4, 0.5) is 0 Å². The molecule has 4 aromatic carbocycles. The van der Waals surface area contributed by atoms with Crippen LogP contribution in [0.2, 0.25) is 19.6 Å². The Kier molecular flexibility index (Phi) is 9.19. The zero-order chi connectivity index (χ0) is 25.4. The van der Waals surface area contributed by atoms with Crippen molar-refractivity contribution in [2.24, 2.45) is 0 Å². The van der Waals surface area contributed by atoms with Gasteiger partial charge >= 0.3 is 99.2 Å². The summed E-state index contributed by atoms with van der Waals surface area (Å²) in [6, 6.07) is 39.2. The van der Waals surface area contributed by atoms with Gasteiger partial charge in [0.1, 0.15) is 0 Å². The van der Waals surface area contributed by atoms with Crippen molar-refractivity contribution in [2.45, 2.75) is 32.5 Å². The van der Waals surface area contributed by atoms with Gasteiger partial charge in [0.15, 0.2) is 0 Å². The average Bonchev–Trinajstić information content (AvgIpc) is 3.59. The molecule has 0 aromatic heterocycles. The predicted molar refractivity (Wildman–Crippen MR) is 153 cm³/mol. The quantitative estimate of drug-likeness (QED) is 0.154. The Bertz CT molecular complexity index is 1270. The molecule has 0 nitrogen and oxygen atoms in total. The molecular formula is C34H32SiZr. The molecule has 2 aliphatic carbocycles. The number of hydrogen-bond acceptors (Lipinski definition) is 0. The number of benzene rings is 4. The molecule has 0 fully saturated rings. The van der Waals surface area contributed by atoms with Gasteiger partial charge in [0.25, 0.3) is 0 Å². The van der Waals surface area contributed by atoms with Gasteiger partial charge in [-0.15, -0.1) is 12.0 Å². The van der Waals surface area contributed by atoms with Crippen molar-refractivity contribution in [1.29, 1.82) is 0 Å². The zero-order valence-electron chi connectivity index (χ0n) is 21.4. The fraction of sp³-hybridized carbons (Fsp3) is 0.147. The second-order valence-electron chi connectivity index (χ2n) is 9.97. The van der Waals surface area contributed by atoms with Crippen LogP contribution >= 0.6 is 0 Å². The minimum atomic E-state index is -0.981. The van der Waals surface area contributed by atoms with Crippen LogP contribution in [0.25, 0.3) is 11.1 Å². The molecule has 0 unspecified atom stereocenters. The third-order valence-electron chi connectivity index (χ3n) is 6.30. The summed E-state index contributed by atoms with van der Waals surface area (Å²) < 4.78 is 1.42. The van der Waals surface area contributed by atoms with Crippen molar-refractivity contribution in [3.8, 4) is 11.1 Å². The molecule has 2 aliphatic rings. The molecule has 0 atom stereocenters. The van der Waals surface area contributed by atoms with Crippen LogP contribution in [0.1, 0.15) is 28.7 Å². The van der Waals surface area contributed by atoms with E-state index in [1.54, 1.807) is 5.20 Å². The maximum atomic E-state index is 3.30. The number of hydrogen-bond donors (Lipinski definition) is 0. The Morgan fingerprint density at radius 1 is 0.722 bits per heavy atom. The summed E-state index contributed by atoms with van der Waals surface area (Å²) in [6.07, 6.45) is 9.74. The van der Waals surface area contributed by atoms with Gasteiger partial charge in [0, 0.05) is 0 Å². The Morgan fingerprint density at radius 3 is 1.86 bits per heavy atom. The number of allylic oxidation sites excluding steroid dienone is 4.